The molecular formula is C11H19NO7. The maximum atomic E-state index is 11.6. The van der Waals surface area contributed by atoms with E-state index >= 15 is 0 Å². The monoisotopic (exact) mass is 277 g/mol. The van der Waals surface area contributed by atoms with E-state index in [0.29, 0.717) is 0 Å². The first-order chi connectivity index (χ1) is 9.08. The number of alkyl carbamates (subject to hydrolysis) is 1. The molecule has 0 spiro atoms. The highest BCUT2D eigenvalue weighted by Crippen LogP contribution is 2.18. The SMILES string of the molecule is COC[C@@H](OC)[C@@H](OC)[C@@H](OC)[C@H]1NC(=O)OC1=O. The number of amides is 1. The summed E-state index contributed by atoms with van der Waals surface area (Å²) in [6.45, 7) is 0.255. The van der Waals surface area contributed by atoms with Gasteiger partial charge in [0.05, 0.1) is 6.61 Å². The molecular weight excluding hydrogens is 258 g/mol. The van der Waals surface area contributed by atoms with Gasteiger partial charge in [-0.05, 0) is 0 Å². The second-order valence-corrected chi connectivity index (χ2v) is 3.96. The summed E-state index contributed by atoms with van der Waals surface area (Å²) >= 11 is 0. The topological polar surface area (TPSA) is 92.3 Å². The van der Waals surface area contributed by atoms with E-state index in [1.54, 1.807) is 0 Å². The minimum atomic E-state index is -0.933. The predicted octanol–water partition coefficient (Wildman–Crippen LogP) is -0.687. The number of esters is 1. The number of ether oxygens (including phenoxy) is 5. The molecule has 0 aromatic rings. The lowest BCUT2D eigenvalue weighted by Crippen LogP contribution is -2.54. The van der Waals surface area contributed by atoms with Gasteiger partial charge in [0.15, 0.2) is 6.04 Å². The fourth-order valence-corrected chi connectivity index (χ4v) is 2.01. The van der Waals surface area contributed by atoms with Crippen LogP contribution in [0.5, 0.6) is 0 Å². The fraction of sp³-hybridized carbons (Fsp3) is 0.818. The molecule has 8 heteroatoms. The van der Waals surface area contributed by atoms with Gasteiger partial charge in [-0.25, -0.2) is 9.59 Å². The van der Waals surface area contributed by atoms with Crippen molar-refractivity contribution in [3.05, 3.63) is 0 Å². The molecule has 0 saturated carbocycles. The van der Waals surface area contributed by atoms with E-state index < -0.39 is 36.4 Å². The van der Waals surface area contributed by atoms with Gasteiger partial charge in [-0.15, -0.1) is 0 Å². The predicted molar refractivity (Wildman–Crippen MR) is 62.7 cm³/mol. The Balaban J connectivity index is 2.85. The molecule has 8 nitrogen and oxygen atoms in total. The Morgan fingerprint density at radius 2 is 1.84 bits per heavy atom. The number of methoxy groups -OCH3 is 4. The molecule has 1 heterocycles. The molecule has 1 amide bonds. The van der Waals surface area contributed by atoms with E-state index in [1.807, 2.05) is 0 Å². The number of carbonyl (C=O) groups excluding carboxylic acids is 2. The third kappa shape index (κ3) is 3.63. The molecule has 0 unspecified atom stereocenters. The van der Waals surface area contributed by atoms with Gasteiger partial charge in [-0.1, -0.05) is 0 Å². The minimum absolute atomic E-state index is 0.255. The molecule has 19 heavy (non-hydrogen) atoms. The molecule has 1 aliphatic rings. The summed E-state index contributed by atoms with van der Waals surface area (Å²) in [5, 5.41) is 2.38. The van der Waals surface area contributed by atoms with Crippen LogP contribution in [-0.4, -0.2) is 71.5 Å². The number of hydrogen-bond acceptors (Lipinski definition) is 7. The van der Waals surface area contributed by atoms with Crippen molar-refractivity contribution in [3.8, 4) is 0 Å². The number of nitrogens with one attached hydrogen (secondary N) is 1. The average Bonchev–Trinajstić information content (AvgIpc) is 2.72. The highest BCUT2D eigenvalue weighted by atomic mass is 16.6. The summed E-state index contributed by atoms with van der Waals surface area (Å²) in [6.07, 6.45) is -2.60. The zero-order valence-corrected chi connectivity index (χ0v) is 11.4. The zero-order valence-electron chi connectivity index (χ0n) is 11.4. The van der Waals surface area contributed by atoms with Crippen molar-refractivity contribution in [2.75, 3.05) is 35.0 Å². The van der Waals surface area contributed by atoms with E-state index in [9.17, 15) is 9.59 Å². The quantitative estimate of drug-likeness (QED) is 0.464. The molecule has 110 valence electrons. The molecule has 0 aromatic heterocycles. The van der Waals surface area contributed by atoms with Crippen molar-refractivity contribution < 1.29 is 33.3 Å². The van der Waals surface area contributed by atoms with Crippen molar-refractivity contribution >= 4 is 12.1 Å². The largest absolute Gasteiger partial charge is 0.415 e. The maximum absolute atomic E-state index is 11.6. The van der Waals surface area contributed by atoms with Gasteiger partial charge < -0.3 is 29.0 Å². The summed E-state index contributed by atoms with van der Waals surface area (Å²) in [6, 6.07) is -0.933. The fourth-order valence-electron chi connectivity index (χ4n) is 2.01. The van der Waals surface area contributed by atoms with Crippen LogP contribution in [0.4, 0.5) is 4.79 Å². The van der Waals surface area contributed by atoms with Crippen LogP contribution in [-0.2, 0) is 28.5 Å². The lowest BCUT2D eigenvalue weighted by atomic mass is 10.0. The van der Waals surface area contributed by atoms with Crippen LogP contribution in [0, 0.1) is 0 Å². The van der Waals surface area contributed by atoms with Gasteiger partial charge in [0.2, 0.25) is 0 Å². The maximum Gasteiger partial charge on any atom is 0.415 e. The van der Waals surface area contributed by atoms with Crippen LogP contribution in [0.3, 0.4) is 0 Å². The molecule has 0 aliphatic carbocycles. The van der Waals surface area contributed by atoms with Crippen LogP contribution >= 0.6 is 0 Å². The highest BCUT2D eigenvalue weighted by molar-refractivity contribution is 5.95. The molecule has 1 rings (SSSR count). The van der Waals surface area contributed by atoms with Crippen molar-refractivity contribution in [2.45, 2.75) is 24.4 Å². The Bertz CT molecular complexity index is 322. The minimum Gasteiger partial charge on any atom is -0.382 e. The molecule has 0 bridgehead atoms. The molecule has 1 N–H and O–H groups in total. The standard InChI is InChI=1S/C11H19NO7/c1-15-5-6(16-2)8(17-3)9(18-4)7-10(13)19-11(14)12-7/h6-9H,5H2,1-4H3,(H,12,14)/t6-,7-,8-,9+/m1/s1. The Morgan fingerprint density at radius 1 is 1.16 bits per heavy atom. The van der Waals surface area contributed by atoms with E-state index in [-0.39, 0.29) is 6.61 Å². The van der Waals surface area contributed by atoms with Gasteiger partial charge in [0, 0.05) is 28.4 Å². The highest BCUT2D eigenvalue weighted by Gasteiger charge is 2.45. The first kappa shape index (κ1) is 15.8. The van der Waals surface area contributed by atoms with Crippen LogP contribution in [0.25, 0.3) is 0 Å². The number of carbonyl (C=O) groups is 2. The average molecular weight is 277 g/mol. The van der Waals surface area contributed by atoms with Gasteiger partial charge >= 0.3 is 12.1 Å². The summed E-state index contributed by atoms with van der Waals surface area (Å²) in [5.41, 5.74) is 0. The molecule has 1 saturated heterocycles. The molecule has 0 aromatic carbocycles. The van der Waals surface area contributed by atoms with E-state index in [4.69, 9.17) is 18.9 Å². The molecule has 1 aliphatic heterocycles. The van der Waals surface area contributed by atoms with Gasteiger partial charge in [0.25, 0.3) is 0 Å². The van der Waals surface area contributed by atoms with Gasteiger partial charge in [0.1, 0.15) is 18.3 Å². The Morgan fingerprint density at radius 3 is 2.21 bits per heavy atom. The molecule has 4 atom stereocenters. The Hall–Kier alpha value is -1.22. The van der Waals surface area contributed by atoms with Crippen molar-refractivity contribution in [1.29, 1.82) is 0 Å². The van der Waals surface area contributed by atoms with Crippen LogP contribution in [0.2, 0.25) is 0 Å². The van der Waals surface area contributed by atoms with E-state index in [0.717, 1.165) is 0 Å². The van der Waals surface area contributed by atoms with Crippen LogP contribution in [0.15, 0.2) is 0 Å². The smallest absolute Gasteiger partial charge is 0.382 e. The van der Waals surface area contributed by atoms with Crippen molar-refractivity contribution in [3.63, 3.8) is 0 Å². The number of rotatable bonds is 8. The zero-order chi connectivity index (χ0) is 14.4. The first-order valence-corrected chi connectivity index (χ1v) is 5.68. The van der Waals surface area contributed by atoms with Crippen molar-refractivity contribution in [1.82, 2.24) is 5.32 Å². The number of cyclic esters (lactones) is 2. The Kier molecular flexibility index (Phi) is 6.16. The van der Waals surface area contributed by atoms with Crippen molar-refractivity contribution in [2.24, 2.45) is 0 Å². The third-order valence-electron chi connectivity index (χ3n) is 2.92. The van der Waals surface area contributed by atoms with Gasteiger partial charge in [-0.2, -0.15) is 0 Å². The lowest BCUT2D eigenvalue weighted by molar-refractivity contribution is -0.151. The normalized spacial score (nSPS) is 23.7. The second kappa shape index (κ2) is 7.39. The second-order valence-electron chi connectivity index (χ2n) is 3.96. The first-order valence-electron chi connectivity index (χ1n) is 5.68. The Labute approximate surface area is 111 Å². The summed E-state index contributed by atoms with van der Waals surface area (Å²) in [4.78, 5) is 22.6. The van der Waals surface area contributed by atoms with E-state index in [1.165, 1.54) is 28.4 Å². The molecule has 0 radical (unpaired) electrons. The molecule has 1 fully saturated rings. The van der Waals surface area contributed by atoms with Crippen LogP contribution in [0.1, 0.15) is 0 Å². The summed E-state index contributed by atoms with van der Waals surface area (Å²) in [7, 11) is 5.88. The van der Waals surface area contributed by atoms with Gasteiger partial charge in [-0.3, -0.25) is 0 Å². The summed E-state index contributed by atoms with van der Waals surface area (Å²) in [5.74, 6) is -0.703. The lowest BCUT2D eigenvalue weighted by Gasteiger charge is -2.32. The van der Waals surface area contributed by atoms with E-state index in [2.05, 4.69) is 10.1 Å². The third-order valence-corrected chi connectivity index (χ3v) is 2.92. The number of hydrogen-bond donors (Lipinski definition) is 1. The summed E-state index contributed by atoms with van der Waals surface area (Å²) < 4.78 is 25.3. The van der Waals surface area contributed by atoms with Crippen LogP contribution < -0.4 is 5.32 Å².